The van der Waals surface area contributed by atoms with Crippen molar-refractivity contribution >= 4 is 17.5 Å². The van der Waals surface area contributed by atoms with Crippen LogP contribution < -0.4 is 5.32 Å². The van der Waals surface area contributed by atoms with E-state index in [9.17, 15) is 18.4 Å². The van der Waals surface area contributed by atoms with Gasteiger partial charge in [0.15, 0.2) is 0 Å². The van der Waals surface area contributed by atoms with Gasteiger partial charge in [-0.05, 0) is 17.7 Å². The molecule has 0 fully saturated rings. The van der Waals surface area contributed by atoms with Gasteiger partial charge < -0.3 is 10.2 Å². The van der Waals surface area contributed by atoms with Crippen molar-refractivity contribution in [3.05, 3.63) is 65.7 Å². The third-order valence-corrected chi connectivity index (χ3v) is 3.48. The molecular weight excluding hydrogens is 314 g/mol. The Bertz CT molecular complexity index is 720. The second-order valence-corrected chi connectivity index (χ2v) is 5.35. The van der Waals surface area contributed by atoms with E-state index in [1.807, 2.05) is 30.3 Å². The fraction of sp³-hybridized carbons (Fsp3) is 0.222. The van der Waals surface area contributed by atoms with Gasteiger partial charge in [0.2, 0.25) is 11.8 Å². The molecule has 0 aliphatic heterocycles. The first-order valence-electron chi connectivity index (χ1n) is 7.50. The molecule has 0 aliphatic carbocycles. The minimum Gasteiger partial charge on any atom is -0.338 e. The van der Waals surface area contributed by atoms with Crippen LogP contribution in [0.5, 0.6) is 0 Å². The van der Waals surface area contributed by atoms with E-state index < -0.39 is 17.5 Å². The fourth-order valence-corrected chi connectivity index (χ4v) is 2.19. The summed E-state index contributed by atoms with van der Waals surface area (Å²) in [5, 5.41) is 2.38. The van der Waals surface area contributed by atoms with Crippen LogP contribution in [0.4, 0.5) is 14.5 Å². The number of nitrogens with zero attached hydrogens (tertiary/aromatic N) is 1. The van der Waals surface area contributed by atoms with E-state index in [-0.39, 0.29) is 24.6 Å². The molecule has 126 valence electrons. The van der Waals surface area contributed by atoms with Gasteiger partial charge in [0.05, 0.1) is 5.69 Å². The molecule has 24 heavy (non-hydrogen) atoms. The van der Waals surface area contributed by atoms with Crippen LogP contribution in [-0.4, -0.2) is 23.3 Å². The number of nitrogens with one attached hydrogen (secondary N) is 1. The Hall–Kier alpha value is -2.76. The van der Waals surface area contributed by atoms with E-state index in [1.165, 1.54) is 11.8 Å². The summed E-state index contributed by atoms with van der Waals surface area (Å²) < 4.78 is 26.3. The number of anilines is 1. The summed E-state index contributed by atoms with van der Waals surface area (Å²) in [6.07, 6.45) is 0.0171. The SMILES string of the molecule is CC(=O)N(CCC(=O)Nc1ccc(F)cc1F)Cc1ccccc1. The average Bonchev–Trinajstić information content (AvgIpc) is 2.55. The Morgan fingerprint density at radius 2 is 1.79 bits per heavy atom. The van der Waals surface area contributed by atoms with E-state index >= 15 is 0 Å². The minimum absolute atomic E-state index is 0.0171. The zero-order valence-electron chi connectivity index (χ0n) is 13.3. The van der Waals surface area contributed by atoms with Crippen LogP contribution in [-0.2, 0) is 16.1 Å². The van der Waals surface area contributed by atoms with Crippen molar-refractivity contribution < 1.29 is 18.4 Å². The van der Waals surface area contributed by atoms with E-state index in [0.29, 0.717) is 12.6 Å². The Labute approximate surface area is 139 Å². The van der Waals surface area contributed by atoms with Crippen molar-refractivity contribution in [3.63, 3.8) is 0 Å². The van der Waals surface area contributed by atoms with Crippen LogP contribution in [0, 0.1) is 11.6 Å². The van der Waals surface area contributed by atoms with Crippen LogP contribution in [0.15, 0.2) is 48.5 Å². The second kappa shape index (κ2) is 8.19. The van der Waals surface area contributed by atoms with E-state index in [2.05, 4.69) is 5.32 Å². The molecule has 0 bridgehead atoms. The average molecular weight is 332 g/mol. The molecule has 0 aliphatic rings. The van der Waals surface area contributed by atoms with Crippen LogP contribution >= 0.6 is 0 Å². The van der Waals surface area contributed by atoms with Gasteiger partial charge in [-0.2, -0.15) is 0 Å². The summed E-state index contributed by atoms with van der Waals surface area (Å²) in [4.78, 5) is 25.2. The predicted octanol–water partition coefficient (Wildman–Crippen LogP) is 3.34. The van der Waals surface area contributed by atoms with Crippen LogP contribution in [0.25, 0.3) is 0 Å². The summed E-state index contributed by atoms with van der Waals surface area (Å²) in [6.45, 7) is 2.04. The largest absolute Gasteiger partial charge is 0.338 e. The van der Waals surface area contributed by atoms with Crippen molar-refractivity contribution in [1.29, 1.82) is 0 Å². The predicted molar refractivity (Wildman–Crippen MR) is 87.1 cm³/mol. The Morgan fingerprint density at radius 1 is 1.08 bits per heavy atom. The monoisotopic (exact) mass is 332 g/mol. The summed E-state index contributed by atoms with van der Waals surface area (Å²) in [5.41, 5.74) is 0.872. The molecule has 4 nitrogen and oxygen atoms in total. The first-order valence-corrected chi connectivity index (χ1v) is 7.50. The Balaban J connectivity index is 1.91. The van der Waals surface area contributed by atoms with Gasteiger partial charge in [0, 0.05) is 32.5 Å². The number of carbonyl (C=O) groups excluding carboxylic acids is 2. The molecule has 0 atom stereocenters. The molecular formula is C18H18F2N2O2. The summed E-state index contributed by atoms with van der Waals surface area (Å²) in [5.74, 6) is -2.15. The molecule has 0 saturated heterocycles. The number of hydrogen-bond acceptors (Lipinski definition) is 2. The maximum Gasteiger partial charge on any atom is 0.226 e. The highest BCUT2D eigenvalue weighted by Crippen LogP contribution is 2.15. The molecule has 0 heterocycles. The molecule has 1 N–H and O–H groups in total. The summed E-state index contributed by atoms with van der Waals surface area (Å²) in [7, 11) is 0. The van der Waals surface area contributed by atoms with Crippen LogP contribution in [0.3, 0.4) is 0 Å². The zero-order valence-corrected chi connectivity index (χ0v) is 13.3. The normalized spacial score (nSPS) is 10.3. The van der Waals surface area contributed by atoms with Gasteiger partial charge in [-0.1, -0.05) is 30.3 Å². The minimum atomic E-state index is -0.837. The highest BCUT2D eigenvalue weighted by Gasteiger charge is 2.13. The summed E-state index contributed by atoms with van der Waals surface area (Å²) in [6, 6.07) is 12.3. The molecule has 0 radical (unpaired) electrons. The zero-order chi connectivity index (χ0) is 17.5. The summed E-state index contributed by atoms with van der Waals surface area (Å²) >= 11 is 0. The lowest BCUT2D eigenvalue weighted by Crippen LogP contribution is -2.31. The third-order valence-electron chi connectivity index (χ3n) is 3.48. The fourth-order valence-electron chi connectivity index (χ4n) is 2.19. The maximum absolute atomic E-state index is 13.5. The van der Waals surface area contributed by atoms with Crippen LogP contribution in [0.2, 0.25) is 0 Å². The van der Waals surface area contributed by atoms with Gasteiger partial charge in [0.25, 0.3) is 0 Å². The smallest absolute Gasteiger partial charge is 0.226 e. The van der Waals surface area contributed by atoms with Gasteiger partial charge in [0.1, 0.15) is 11.6 Å². The highest BCUT2D eigenvalue weighted by atomic mass is 19.1. The highest BCUT2D eigenvalue weighted by molar-refractivity contribution is 5.91. The topological polar surface area (TPSA) is 49.4 Å². The standard InChI is InChI=1S/C18H18F2N2O2/c1-13(23)22(12-14-5-3-2-4-6-14)10-9-18(24)21-17-8-7-15(19)11-16(17)20/h2-8,11H,9-10,12H2,1H3,(H,21,24). The molecule has 0 unspecified atom stereocenters. The van der Waals surface area contributed by atoms with E-state index in [0.717, 1.165) is 17.7 Å². The molecule has 2 aromatic rings. The van der Waals surface area contributed by atoms with Crippen molar-refractivity contribution in [2.75, 3.05) is 11.9 Å². The van der Waals surface area contributed by atoms with Crippen molar-refractivity contribution in [2.45, 2.75) is 19.9 Å². The van der Waals surface area contributed by atoms with Crippen molar-refractivity contribution in [1.82, 2.24) is 4.90 Å². The number of halogens is 2. The van der Waals surface area contributed by atoms with Gasteiger partial charge in [-0.15, -0.1) is 0 Å². The second-order valence-electron chi connectivity index (χ2n) is 5.35. The number of rotatable bonds is 6. The lowest BCUT2D eigenvalue weighted by atomic mass is 10.2. The molecule has 6 heteroatoms. The number of benzene rings is 2. The lowest BCUT2D eigenvalue weighted by molar-refractivity contribution is -0.129. The Morgan fingerprint density at radius 3 is 2.42 bits per heavy atom. The van der Waals surface area contributed by atoms with Crippen molar-refractivity contribution in [3.8, 4) is 0 Å². The number of hydrogen-bond donors (Lipinski definition) is 1. The van der Waals surface area contributed by atoms with Crippen LogP contribution in [0.1, 0.15) is 18.9 Å². The molecule has 0 aromatic heterocycles. The van der Waals surface area contributed by atoms with Gasteiger partial charge in [-0.3, -0.25) is 9.59 Å². The van der Waals surface area contributed by atoms with E-state index in [1.54, 1.807) is 0 Å². The van der Waals surface area contributed by atoms with E-state index in [4.69, 9.17) is 0 Å². The molecule has 0 spiro atoms. The Kier molecular flexibility index (Phi) is 6.01. The molecule has 2 aromatic carbocycles. The van der Waals surface area contributed by atoms with Gasteiger partial charge >= 0.3 is 0 Å². The number of amides is 2. The van der Waals surface area contributed by atoms with Crippen molar-refractivity contribution in [2.24, 2.45) is 0 Å². The quantitative estimate of drug-likeness (QED) is 0.882. The molecule has 0 saturated carbocycles. The first-order chi connectivity index (χ1) is 11.5. The first kappa shape index (κ1) is 17.6. The number of carbonyl (C=O) groups is 2. The molecule has 2 rings (SSSR count). The molecule has 2 amide bonds. The van der Waals surface area contributed by atoms with Gasteiger partial charge in [-0.25, -0.2) is 8.78 Å². The third kappa shape index (κ3) is 5.15. The maximum atomic E-state index is 13.5. The lowest BCUT2D eigenvalue weighted by Gasteiger charge is -2.21.